The lowest BCUT2D eigenvalue weighted by atomic mass is 10.1. The highest BCUT2D eigenvalue weighted by molar-refractivity contribution is 8.00. The van der Waals surface area contributed by atoms with Crippen molar-refractivity contribution >= 4 is 23.6 Å². The molecule has 0 saturated heterocycles. The summed E-state index contributed by atoms with van der Waals surface area (Å²) in [5.74, 6) is -1.92. The monoisotopic (exact) mass is 295 g/mol. The van der Waals surface area contributed by atoms with E-state index in [4.69, 9.17) is 5.11 Å². The Labute approximate surface area is 120 Å². The number of carboxylic acids is 1. The van der Waals surface area contributed by atoms with E-state index in [0.29, 0.717) is 11.3 Å². The number of carbonyl (C=O) groups is 2. The Bertz CT molecular complexity index is 547. The largest absolute Gasteiger partial charge is 0.481 e. The molecule has 6 heteroatoms. The summed E-state index contributed by atoms with van der Waals surface area (Å²) >= 11 is 1.12. The van der Waals surface area contributed by atoms with Crippen LogP contribution in [0.15, 0.2) is 41.3 Å². The lowest BCUT2D eigenvalue weighted by Gasteiger charge is -2.12. The van der Waals surface area contributed by atoms with E-state index in [1.165, 1.54) is 6.07 Å². The molecule has 0 spiro atoms. The van der Waals surface area contributed by atoms with Crippen LogP contribution in [-0.2, 0) is 9.59 Å². The second kappa shape index (κ2) is 6.56. The zero-order valence-corrected chi connectivity index (χ0v) is 11.4. The molecule has 2 N–H and O–H groups in total. The van der Waals surface area contributed by atoms with Crippen LogP contribution in [0.2, 0.25) is 0 Å². The van der Waals surface area contributed by atoms with E-state index in [1.54, 1.807) is 30.4 Å². The number of hydrogen-bond donors (Lipinski definition) is 2. The maximum atomic E-state index is 13.4. The van der Waals surface area contributed by atoms with Crippen LogP contribution in [0.1, 0.15) is 6.42 Å². The minimum atomic E-state index is -0.890. The quantitative estimate of drug-likeness (QED) is 0.644. The third kappa shape index (κ3) is 3.84. The number of benzene rings is 1. The first-order valence-electron chi connectivity index (χ1n) is 6.14. The van der Waals surface area contributed by atoms with Crippen molar-refractivity contribution < 1.29 is 19.1 Å². The molecular weight excluding hydrogens is 281 g/mol. The predicted octanol–water partition coefficient (Wildman–Crippen LogP) is 2.06. The van der Waals surface area contributed by atoms with Gasteiger partial charge in [0.25, 0.3) is 0 Å². The fourth-order valence-corrected chi connectivity index (χ4v) is 2.69. The van der Waals surface area contributed by atoms with Gasteiger partial charge in [-0.05, 0) is 18.6 Å². The zero-order valence-electron chi connectivity index (χ0n) is 10.6. The van der Waals surface area contributed by atoms with Crippen LogP contribution in [0.4, 0.5) is 4.39 Å². The SMILES string of the molecule is O=C(CSc1ccccc1F)NC1C=CC(C(=O)O)C1. The number of rotatable bonds is 5. The van der Waals surface area contributed by atoms with Crippen molar-refractivity contribution in [1.82, 2.24) is 5.32 Å². The van der Waals surface area contributed by atoms with Crippen LogP contribution in [0, 0.1) is 11.7 Å². The van der Waals surface area contributed by atoms with Gasteiger partial charge in [-0.3, -0.25) is 9.59 Å². The van der Waals surface area contributed by atoms with E-state index in [2.05, 4.69) is 5.32 Å². The van der Waals surface area contributed by atoms with Gasteiger partial charge in [-0.2, -0.15) is 0 Å². The van der Waals surface area contributed by atoms with Gasteiger partial charge in [-0.25, -0.2) is 4.39 Å². The molecule has 20 heavy (non-hydrogen) atoms. The summed E-state index contributed by atoms with van der Waals surface area (Å²) in [6.45, 7) is 0. The fraction of sp³-hybridized carbons (Fsp3) is 0.286. The standard InChI is InChI=1S/C14H14FNO3S/c15-11-3-1-2-4-12(11)20-8-13(17)16-10-6-5-9(7-10)14(18)19/h1-6,9-10H,7-8H2,(H,16,17)(H,18,19). The molecule has 0 aromatic heterocycles. The Morgan fingerprint density at radius 1 is 1.35 bits per heavy atom. The average molecular weight is 295 g/mol. The van der Waals surface area contributed by atoms with E-state index < -0.39 is 11.9 Å². The molecule has 2 rings (SSSR count). The van der Waals surface area contributed by atoms with Crippen molar-refractivity contribution in [3.8, 4) is 0 Å². The van der Waals surface area contributed by atoms with E-state index in [0.717, 1.165) is 11.8 Å². The summed E-state index contributed by atoms with van der Waals surface area (Å²) in [6, 6.07) is 6.00. The minimum Gasteiger partial charge on any atom is -0.481 e. The number of aliphatic carboxylic acids is 1. The van der Waals surface area contributed by atoms with E-state index >= 15 is 0 Å². The minimum absolute atomic E-state index is 0.100. The van der Waals surface area contributed by atoms with E-state index in [1.807, 2.05) is 0 Å². The summed E-state index contributed by atoms with van der Waals surface area (Å²) in [7, 11) is 0. The first-order valence-corrected chi connectivity index (χ1v) is 7.12. The molecule has 0 radical (unpaired) electrons. The van der Waals surface area contributed by atoms with Gasteiger partial charge in [0.05, 0.1) is 11.7 Å². The molecular formula is C14H14FNO3S. The number of hydrogen-bond acceptors (Lipinski definition) is 3. The molecule has 1 amide bonds. The Balaban J connectivity index is 1.78. The highest BCUT2D eigenvalue weighted by atomic mass is 32.2. The van der Waals surface area contributed by atoms with Gasteiger partial charge in [0, 0.05) is 10.9 Å². The molecule has 0 aliphatic heterocycles. The molecule has 0 fully saturated rings. The van der Waals surface area contributed by atoms with Gasteiger partial charge >= 0.3 is 5.97 Å². The molecule has 1 aliphatic rings. The first kappa shape index (κ1) is 14.6. The van der Waals surface area contributed by atoms with Crippen LogP contribution in [-0.4, -0.2) is 28.8 Å². The summed E-state index contributed by atoms with van der Waals surface area (Å²) in [5.41, 5.74) is 0. The van der Waals surface area contributed by atoms with Crippen molar-refractivity contribution in [2.45, 2.75) is 17.4 Å². The van der Waals surface area contributed by atoms with Crippen LogP contribution < -0.4 is 5.32 Å². The molecule has 1 aromatic rings. The van der Waals surface area contributed by atoms with Gasteiger partial charge in [-0.15, -0.1) is 11.8 Å². The van der Waals surface area contributed by atoms with Gasteiger partial charge in [0.1, 0.15) is 5.82 Å². The summed E-state index contributed by atoms with van der Waals surface area (Å²) in [4.78, 5) is 22.9. The topological polar surface area (TPSA) is 66.4 Å². The third-order valence-corrected chi connectivity index (χ3v) is 3.99. The van der Waals surface area contributed by atoms with E-state index in [-0.39, 0.29) is 23.5 Å². The lowest BCUT2D eigenvalue weighted by molar-refractivity contribution is -0.140. The smallest absolute Gasteiger partial charge is 0.310 e. The molecule has 4 nitrogen and oxygen atoms in total. The van der Waals surface area contributed by atoms with Gasteiger partial charge in [0.2, 0.25) is 5.91 Å². The number of nitrogens with one attached hydrogen (secondary N) is 1. The number of halogens is 1. The maximum absolute atomic E-state index is 13.4. The molecule has 1 aromatic carbocycles. The molecule has 106 valence electrons. The second-order valence-corrected chi connectivity index (χ2v) is 5.48. The van der Waals surface area contributed by atoms with Gasteiger partial charge < -0.3 is 10.4 Å². The van der Waals surface area contributed by atoms with E-state index in [9.17, 15) is 14.0 Å². The van der Waals surface area contributed by atoms with Crippen molar-refractivity contribution in [3.05, 3.63) is 42.2 Å². The zero-order chi connectivity index (χ0) is 14.5. The van der Waals surface area contributed by atoms with Gasteiger partial charge in [0.15, 0.2) is 0 Å². The molecule has 2 unspecified atom stereocenters. The number of carbonyl (C=O) groups excluding carboxylic acids is 1. The summed E-state index contributed by atoms with van der Waals surface area (Å²) in [5, 5.41) is 11.6. The Kier molecular flexibility index (Phi) is 4.79. The number of carboxylic acid groups (broad SMARTS) is 1. The molecule has 0 heterocycles. The lowest BCUT2D eigenvalue weighted by Crippen LogP contribution is -2.34. The predicted molar refractivity (Wildman–Crippen MR) is 73.9 cm³/mol. The second-order valence-electron chi connectivity index (χ2n) is 4.46. The highest BCUT2D eigenvalue weighted by Crippen LogP contribution is 2.21. The highest BCUT2D eigenvalue weighted by Gasteiger charge is 2.25. The molecule has 0 saturated carbocycles. The maximum Gasteiger partial charge on any atom is 0.310 e. The average Bonchev–Trinajstić information content (AvgIpc) is 2.86. The van der Waals surface area contributed by atoms with Crippen molar-refractivity contribution in [2.24, 2.45) is 5.92 Å². The number of thioether (sulfide) groups is 1. The van der Waals surface area contributed by atoms with Gasteiger partial charge in [-0.1, -0.05) is 24.3 Å². The van der Waals surface area contributed by atoms with Crippen LogP contribution in [0.3, 0.4) is 0 Å². The van der Waals surface area contributed by atoms with Crippen LogP contribution in [0.5, 0.6) is 0 Å². The van der Waals surface area contributed by atoms with Crippen molar-refractivity contribution in [3.63, 3.8) is 0 Å². The van der Waals surface area contributed by atoms with Crippen molar-refractivity contribution in [1.29, 1.82) is 0 Å². The Hall–Kier alpha value is -1.82. The number of amides is 1. The summed E-state index contributed by atoms with van der Waals surface area (Å²) < 4.78 is 13.4. The summed E-state index contributed by atoms with van der Waals surface area (Å²) in [6.07, 6.45) is 3.63. The first-order chi connectivity index (χ1) is 9.56. The molecule has 0 bridgehead atoms. The Morgan fingerprint density at radius 3 is 2.75 bits per heavy atom. The normalized spacial score (nSPS) is 20.9. The van der Waals surface area contributed by atoms with Crippen LogP contribution in [0.25, 0.3) is 0 Å². The molecule has 1 aliphatic carbocycles. The Morgan fingerprint density at radius 2 is 2.10 bits per heavy atom. The van der Waals surface area contributed by atoms with Crippen LogP contribution >= 0.6 is 11.8 Å². The van der Waals surface area contributed by atoms with Crippen molar-refractivity contribution in [2.75, 3.05) is 5.75 Å². The third-order valence-electron chi connectivity index (χ3n) is 2.94. The molecule has 2 atom stereocenters. The fourth-order valence-electron chi connectivity index (χ4n) is 1.94.